The summed E-state index contributed by atoms with van der Waals surface area (Å²) in [5.41, 5.74) is 13.7. The molecule has 0 saturated heterocycles. The molecule has 1 aliphatic rings. The van der Waals surface area contributed by atoms with E-state index in [1.54, 1.807) is 24.3 Å². The Balaban J connectivity index is 1.92. The van der Waals surface area contributed by atoms with Crippen LogP contribution in [0, 0.1) is 0 Å². The number of hydrogen-bond donors (Lipinski definition) is 2. The van der Waals surface area contributed by atoms with Crippen molar-refractivity contribution in [3.8, 4) is 0 Å². The lowest BCUT2D eigenvalue weighted by molar-refractivity contribution is 0.0978. The van der Waals surface area contributed by atoms with Gasteiger partial charge in [0, 0.05) is 32.3 Å². The van der Waals surface area contributed by atoms with Crippen molar-refractivity contribution in [1.29, 1.82) is 0 Å². The molecular weight excluding hydrogens is 332 g/mol. The lowest BCUT2D eigenvalue weighted by Crippen LogP contribution is -2.24. The van der Waals surface area contributed by atoms with Crippen molar-refractivity contribution < 1.29 is 9.59 Å². The average Bonchev–Trinajstić information content (AvgIpc) is 2.62. The normalized spacial score (nSPS) is 12.6. The fourth-order valence-electron chi connectivity index (χ4n) is 3.04. The first-order valence-electron chi connectivity index (χ1n) is 7.71. The number of nitrogens with two attached hydrogens (primary N) is 2. The summed E-state index contributed by atoms with van der Waals surface area (Å²) < 4.78 is 0. The van der Waals surface area contributed by atoms with Gasteiger partial charge in [0.25, 0.3) is 0 Å². The smallest absolute Gasteiger partial charge is 0.197 e. The average molecular weight is 346 g/mol. The second-order valence-corrected chi connectivity index (χ2v) is 6.86. The Kier molecular flexibility index (Phi) is 3.58. The minimum Gasteiger partial charge on any atom is -0.398 e. The molecule has 1 aliphatic carbocycles. The minimum absolute atomic E-state index is 0.207. The Hall–Kier alpha value is -3.05. The monoisotopic (exact) mass is 346 g/mol. The summed E-state index contributed by atoms with van der Waals surface area (Å²) in [6, 6.07) is 18.1. The highest BCUT2D eigenvalue weighted by Gasteiger charge is 2.34. The van der Waals surface area contributed by atoms with Crippen molar-refractivity contribution in [2.45, 2.75) is 9.79 Å². The fraction of sp³-hybridized carbons (Fsp3) is 0. The summed E-state index contributed by atoms with van der Waals surface area (Å²) in [7, 11) is 0. The maximum atomic E-state index is 13.1. The van der Waals surface area contributed by atoms with E-state index in [1.165, 1.54) is 11.8 Å². The first kappa shape index (κ1) is 15.5. The van der Waals surface area contributed by atoms with Crippen molar-refractivity contribution in [1.82, 2.24) is 0 Å². The van der Waals surface area contributed by atoms with Crippen molar-refractivity contribution in [2.75, 3.05) is 11.5 Å². The Labute approximate surface area is 148 Å². The van der Waals surface area contributed by atoms with Gasteiger partial charge in [-0.1, -0.05) is 42.1 Å². The predicted molar refractivity (Wildman–Crippen MR) is 99.1 cm³/mol. The molecule has 0 heterocycles. The van der Waals surface area contributed by atoms with Gasteiger partial charge in [0.1, 0.15) is 0 Å². The lowest BCUT2D eigenvalue weighted by Gasteiger charge is -2.22. The highest BCUT2D eigenvalue weighted by atomic mass is 32.2. The zero-order valence-corrected chi connectivity index (χ0v) is 14.0. The lowest BCUT2D eigenvalue weighted by atomic mass is 9.82. The molecule has 4 rings (SSSR count). The second kappa shape index (κ2) is 5.79. The quantitative estimate of drug-likeness (QED) is 0.540. The van der Waals surface area contributed by atoms with Crippen LogP contribution in [0.2, 0.25) is 0 Å². The van der Waals surface area contributed by atoms with Gasteiger partial charge < -0.3 is 11.5 Å². The van der Waals surface area contributed by atoms with Crippen LogP contribution in [0.3, 0.4) is 0 Å². The minimum atomic E-state index is -0.259. The molecule has 0 fully saturated rings. The van der Waals surface area contributed by atoms with Gasteiger partial charge in [-0.15, -0.1) is 0 Å². The van der Waals surface area contributed by atoms with E-state index in [9.17, 15) is 9.59 Å². The summed E-state index contributed by atoms with van der Waals surface area (Å²) in [6.07, 6.45) is 0. The molecule has 0 aliphatic heterocycles. The number of carbonyl (C=O) groups excluding carboxylic acids is 2. The summed E-state index contributed by atoms with van der Waals surface area (Å²) in [6.45, 7) is 0. The van der Waals surface area contributed by atoms with Crippen LogP contribution < -0.4 is 11.5 Å². The van der Waals surface area contributed by atoms with Gasteiger partial charge in [0.15, 0.2) is 11.6 Å². The molecule has 3 aromatic carbocycles. The molecule has 0 unspecified atom stereocenters. The third kappa shape index (κ3) is 2.40. The first-order valence-corrected chi connectivity index (χ1v) is 8.53. The van der Waals surface area contributed by atoms with Gasteiger partial charge in [-0.2, -0.15) is 0 Å². The van der Waals surface area contributed by atoms with E-state index in [0.717, 1.165) is 9.79 Å². The number of rotatable bonds is 2. The van der Waals surface area contributed by atoms with Crippen molar-refractivity contribution in [3.05, 3.63) is 82.9 Å². The third-order valence-electron chi connectivity index (χ3n) is 4.19. The van der Waals surface area contributed by atoms with Crippen LogP contribution in [-0.2, 0) is 0 Å². The molecule has 0 radical (unpaired) electrons. The van der Waals surface area contributed by atoms with Crippen LogP contribution in [0.1, 0.15) is 31.8 Å². The molecule has 3 aromatic rings. The zero-order valence-electron chi connectivity index (χ0n) is 13.2. The van der Waals surface area contributed by atoms with E-state index in [-0.39, 0.29) is 34.1 Å². The van der Waals surface area contributed by atoms with Gasteiger partial charge in [-0.05, 0) is 30.3 Å². The Morgan fingerprint density at radius 1 is 0.640 bits per heavy atom. The van der Waals surface area contributed by atoms with E-state index in [1.807, 2.05) is 36.4 Å². The van der Waals surface area contributed by atoms with E-state index in [4.69, 9.17) is 11.5 Å². The largest absolute Gasteiger partial charge is 0.398 e. The van der Waals surface area contributed by atoms with E-state index >= 15 is 0 Å². The van der Waals surface area contributed by atoms with E-state index < -0.39 is 0 Å². The molecule has 5 heteroatoms. The van der Waals surface area contributed by atoms with Gasteiger partial charge >= 0.3 is 0 Å². The molecule has 0 aromatic heterocycles. The number of anilines is 2. The number of fused-ring (bicyclic) bond motifs is 2. The standard InChI is InChI=1S/C20H14N2O2S/c21-13-9-10-14(22)18-17(13)19(23)12-7-4-8-15(16(12)20(18)24)25-11-5-2-1-3-6-11/h1-10H,21-22H2. The van der Waals surface area contributed by atoms with Crippen LogP contribution in [0.4, 0.5) is 11.4 Å². The summed E-state index contributed by atoms with van der Waals surface area (Å²) in [5.74, 6) is -0.515. The molecule has 0 bridgehead atoms. The highest BCUT2D eigenvalue weighted by molar-refractivity contribution is 7.99. The third-order valence-corrected chi connectivity index (χ3v) is 5.26. The highest BCUT2D eigenvalue weighted by Crippen LogP contribution is 2.39. The maximum absolute atomic E-state index is 13.1. The molecule has 0 saturated carbocycles. The van der Waals surface area contributed by atoms with Crippen molar-refractivity contribution in [3.63, 3.8) is 0 Å². The van der Waals surface area contributed by atoms with Crippen LogP contribution in [0.25, 0.3) is 0 Å². The predicted octanol–water partition coefficient (Wildman–Crippen LogP) is 3.78. The summed E-state index contributed by atoms with van der Waals surface area (Å²) >= 11 is 1.45. The van der Waals surface area contributed by atoms with Gasteiger partial charge in [-0.25, -0.2) is 0 Å². The van der Waals surface area contributed by atoms with Crippen LogP contribution in [0.15, 0.2) is 70.5 Å². The number of benzene rings is 3. The van der Waals surface area contributed by atoms with Gasteiger partial charge in [-0.3, -0.25) is 9.59 Å². The Bertz CT molecular complexity index is 1030. The molecule has 0 spiro atoms. The number of ketones is 2. The van der Waals surface area contributed by atoms with Crippen LogP contribution >= 0.6 is 11.8 Å². The second-order valence-electron chi connectivity index (χ2n) is 5.75. The van der Waals surface area contributed by atoms with Gasteiger partial charge in [0.05, 0.1) is 11.1 Å². The summed E-state index contributed by atoms with van der Waals surface area (Å²) in [5, 5.41) is 0. The maximum Gasteiger partial charge on any atom is 0.197 e. The first-order chi connectivity index (χ1) is 12.1. The Morgan fingerprint density at radius 3 is 1.96 bits per heavy atom. The van der Waals surface area contributed by atoms with E-state index in [2.05, 4.69) is 0 Å². The van der Waals surface area contributed by atoms with Crippen molar-refractivity contribution in [2.24, 2.45) is 0 Å². The topological polar surface area (TPSA) is 86.2 Å². The molecule has 25 heavy (non-hydrogen) atoms. The molecular formula is C20H14N2O2S. The summed E-state index contributed by atoms with van der Waals surface area (Å²) in [4.78, 5) is 27.8. The zero-order chi connectivity index (χ0) is 17.6. The number of hydrogen-bond acceptors (Lipinski definition) is 5. The molecule has 4 N–H and O–H groups in total. The molecule has 0 amide bonds. The van der Waals surface area contributed by atoms with Crippen LogP contribution in [0.5, 0.6) is 0 Å². The SMILES string of the molecule is Nc1ccc(N)c2c1C(=O)c1cccc(Sc3ccccc3)c1C2=O. The molecule has 4 nitrogen and oxygen atoms in total. The fourth-order valence-corrected chi connectivity index (χ4v) is 4.04. The van der Waals surface area contributed by atoms with Crippen LogP contribution in [-0.4, -0.2) is 11.6 Å². The molecule has 0 atom stereocenters. The number of nitrogen functional groups attached to an aromatic ring is 2. The Morgan fingerprint density at radius 2 is 1.28 bits per heavy atom. The molecule has 122 valence electrons. The number of carbonyl (C=O) groups is 2. The van der Waals surface area contributed by atoms with Crippen molar-refractivity contribution >= 4 is 34.7 Å². The van der Waals surface area contributed by atoms with Gasteiger partial charge in [0.2, 0.25) is 0 Å². The van der Waals surface area contributed by atoms with E-state index in [0.29, 0.717) is 11.1 Å².